The normalized spacial score (nSPS) is 26.2. The van der Waals surface area contributed by atoms with Crippen LogP contribution in [0.5, 0.6) is 11.5 Å². The van der Waals surface area contributed by atoms with Gasteiger partial charge in [-0.25, -0.2) is 0 Å². The number of benzene rings is 2. The van der Waals surface area contributed by atoms with Gasteiger partial charge in [-0.1, -0.05) is 24.3 Å². The van der Waals surface area contributed by atoms with Crippen molar-refractivity contribution in [1.29, 1.82) is 0 Å². The van der Waals surface area contributed by atoms with Crippen molar-refractivity contribution < 1.29 is 29.5 Å². The van der Waals surface area contributed by atoms with Crippen LogP contribution < -0.4 is 14.6 Å². The summed E-state index contributed by atoms with van der Waals surface area (Å²) >= 11 is 0. The lowest BCUT2D eigenvalue weighted by atomic mass is 10.0. The summed E-state index contributed by atoms with van der Waals surface area (Å²) < 4.78 is 15.5. The first-order valence-electron chi connectivity index (χ1n) is 8.09. The molecule has 4 atom stereocenters. The second kappa shape index (κ2) is 7.84. The highest BCUT2D eigenvalue weighted by atomic mass is 16.6. The van der Waals surface area contributed by atoms with Gasteiger partial charge in [0.25, 0.3) is 0 Å². The van der Waals surface area contributed by atoms with E-state index in [0.29, 0.717) is 5.75 Å². The Morgan fingerprint density at radius 1 is 1.00 bits per heavy atom. The second-order valence-corrected chi connectivity index (χ2v) is 6.01. The molecule has 0 radical (unpaired) electrons. The minimum atomic E-state index is -1.53. The molecule has 25 heavy (non-hydrogen) atoms. The van der Waals surface area contributed by atoms with Crippen molar-refractivity contribution in [2.24, 2.45) is 0 Å². The summed E-state index contributed by atoms with van der Waals surface area (Å²) in [5.41, 5.74) is 2.23. The molecule has 2 aromatic rings. The van der Waals surface area contributed by atoms with Crippen molar-refractivity contribution in [1.82, 2.24) is 0 Å². The first kappa shape index (κ1) is 17.7. The van der Waals surface area contributed by atoms with Crippen molar-refractivity contribution in [3.8, 4) is 11.5 Å². The monoisotopic (exact) mass is 345 g/mol. The predicted octanol–water partition coefficient (Wildman–Crippen LogP) is 0.472. The summed E-state index contributed by atoms with van der Waals surface area (Å²) in [5.74, 6) is 1.26. The lowest BCUT2D eigenvalue weighted by Crippen LogP contribution is -2.60. The van der Waals surface area contributed by atoms with Gasteiger partial charge in [-0.2, -0.15) is 0 Å². The van der Waals surface area contributed by atoms with Crippen LogP contribution in [0.2, 0.25) is 0 Å². The molecular formula is C19H21O6-. The molecule has 0 bridgehead atoms. The topological polar surface area (TPSA) is 91.2 Å². The first-order valence-corrected chi connectivity index (χ1v) is 8.09. The molecule has 6 heteroatoms. The van der Waals surface area contributed by atoms with E-state index in [4.69, 9.17) is 14.2 Å². The van der Waals surface area contributed by atoms with E-state index in [1.807, 2.05) is 36.4 Å². The molecule has 0 saturated carbocycles. The summed E-state index contributed by atoms with van der Waals surface area (Å²) in [6.45, 7) is -0.185. The van der Waals surface area contributed by atoms with Crippen LogP contribution in [-0.4, -0.2) is 48.5 Å². The van der Waals surface area contributed by atoms with Crippen LogP contribution in [0.25, 0.3) is 0 Å². The van der Waals surface area contributed by atoms with Gasteiger partial charge in [-0.3, -0.25) is 0 Å². The van der Waals surface area contributed by atoms with E-state index in [0.717, 1.165) is 23.3 Å². The Hall–Kier alpha value is -2.12. The third kappa shape index (κ3) is 4.29. The maximum absolute atomic E-state index is 11.8. The van der Waals surface area contributed by atoms with E-state index in [-0.39, 0.29) is 6.61 Å². The quantitative estimate of drug-likeness (QED) is 0.819. The zero-order valence-electron chi connectivity index (χ0n) is 13.9. The average molecular weight is 345 g/mol. The summed E-state index contributed by atoms with van der Waals surface area (Å²) in [6.07, 6.45) is -4.31. The van der Waals surface area contributed by atoms with Gasteiger partial charge in [0.2, 0.25) is 0 Å². The summed E-state index contributed by atoms with van der Waals surface area (Å²) in [7, 11) is 1.63. The molecule has 0 spiro atoms. The highest BCUT2D eigenvalue weighted by Gasteiger charge is 2.35. The molecule has 1 aliphatic rings. The summed E-state index contributed by atoms with van der Waals surface area (Å²) in [6, 6.07) is 15.1. The SMILES string of the molecule is COc1ccc(Cc2ccc(O[C@@H]3[C@@H](O)[C@H](O)CO[C@H]3[O-])cc2)cc1. The van der Waals surface area contributed by atoms with Crippen molar-refractivity contribution in [2.45, 2.75) is 31.0 Å². The van der Waals surface area contributed by atoms with Crippen LogP contribution in [0, 0.1) is 0 Å². The number of rotatable bonds is 5. The van der Waals surface area contributed by atoms with Crippen LogP contribution in [0.15, 0.2) is 48.5 Å². The van der Waals surface area contributed by atoms with Gasteiger partial charge < -0.3 is 29.5 Å². The Morgan fingerprint density at radius 2 is 1.56 bits per heavy atom. The number of aliphatic hydroxyl groups excluding tert-OH is 2. The van der Waals surface area contributed by atoms with Crippen LogP contribution >= 0.6 is 0 Å². The molecule has 0 aliphatic carbocycles. The number of hydrogen-bond acceptors (Lipinski definition) is 6. The van der Waals surface area contributed by atoms with E-state index >= 15 is 0 Å². The van der Waals surface area contributed by atoms with Gasteiger partial charge in [0.05, 0.1) is 13.7 Å². The Kier molecular flexibility index (Phi) is 5.55. The molecule has 0 amide bonds. The molecule has 1 heterocycles. The van der Waals surface area contributed by atoms with E-state index in [9.17, 15) is 15.3 Å². The Balaban J connectivity index is 1.63. The summed E-state index contributed by atoms with van der Waals surface area (Å²) in [4.78, 5) is 0. The average Bonchev–Trinajstić information content (AvgIpc) is 2.64. The van der Waals surface area contributed by atoms with Gasteiger partial charge in [-0.05, 0) is 41.8 Å². The summed E-state index contributed by atoms with van der Waals surface area (Å²) in [5, 5.41) is 31.3. The molecule has 3 rings (SSSR count). The van der Waals surface area contributed by atoms with Crippen LogP contribution in [0.3, 0.4) is 0 Å². The van der Waals surface area contributed by atoms with Crippen LogP contribution in [0.1, 0.15) is 11.1 Å². The van der Waals surface area contributed by atoms with Crippen molar-refractivity contribution in [2.75, 3.05) is 13.7 Å². The number of hydrogen-bond donors (Lipinski definition) is 2. The van der Waals surface area contributed by atoms with Gasteiger partial charge in [0.1, 0.15) is 29.8 Å². The largest absolute Gasteiger partial charge is 0.828 e. The number of methoxy groups -OCH3 is 1. The van der Waals surface area contributed by atoms with Crippen molar-refractivity contribution in [3.63, 3.8) is 0 Å². The zero-order valence-corrected chi connectivity index (χ0v) is 13.9. The fourth-order valence-electron chi connectivity index (χ4n) is 2.71. The molecular weight excluding hydrogens is 324 g/mol. The minimum Gasteiger partial charge on any atom is -0.828 e. The molecule has 1 fully saturated rings. The Morgan fingerprint density at radius 3 is 2.12 bits per heavy atom. The third-order valence-corrected chi connectivity index (χ3v) is 4.19. The minimum absolute atomic E-state index is 0.185. The first-order chi connectivity index (χ1) is 12.1. The Bertz CT molecular complexity index is 669. The third-order valence-electron chi connectivity index (χ3n) is 4.19. The highest BCUT2D eigenvalue weighted by Crippen LogP contribution is 2.22. The maximum atomic E-state index is 11.8. The van der Waals surface area contributed by atoms with Crippen molar-refractivity contribution >= 4 is 0 Å². The smallest absolute Gasteiger partial charge is 0.138 e. The Labute approximate surface area is 146 Å². The van der Waals surface area contributed by atoms with E-state index < -0.39 is 24.6 Å². The maximum Gasteiger partial charge on any atom is 0.138 e. The van der Waals surface area contributed by atoms with Gasteiger partial charge >= 0.3 is 0 Å². The molecule has 1 saturated heterocycles. The second-order valence-electron chi connectivity index (χ2n) is 6.01. The molecule has 1 aliphatic heterocycles. The fraction of sp³-hybridized carbons (Fsp3) is 0.368. The van der Waals surface area contributed by atoms with Crippen molar-refractivity contribution in [3.05, 3.63) is 59.7 Å². The van der Waals surface area contributed by atoms with Gasteiger partial charge in [0.15, 0.2) is 0 Å². The molecule has 0 aromatic heterocycles. The van der Waals surface area contributed by atoms with E-state index in [1.54, 1.807) is 19.2 Å². The van der Waals surface area contributed by atoms with Crippen LogP contribution in [-0.2, 0) is 11.2 Å². The van der Waals surface area contributed by atoms with Gasteiger partial charge in [-0.15, -0.1) is 0 Å². The molecule has 0 unspecified atom stereocenters. The molecule has 2 aromatic carbocycles. The number of aliphatic hydroxyl groups is 2. The standard InChI is InChI=1S/C19H21O6/c1-23-14-6-2-12(3-7-14)10-13-4-8-15(9-5-13)25-18-17(21)16(20)11-24-19(18)22/h2-9,16-21H,10-11H2,1H3/q-1/t16-,17+,18-,19-/m1/s1. The fourth-order valence-corrected chi connectivity index (χ4v) is 2.71. The lowest BCUT2D eigenvalue weighted by molar-refractivity contribution is -0.521. The highest BCUT2D eigenvalue weighted by molar-refractivity contribution is 5.34. The van der Waals surface area contributed by atoms with Crippen LogP contribution in [0.4, 0.5) is 0 Å². The lowest BCUT2D eigenvalue weighted by Gasteiger charge is -2.41. The molecule has 2 N–H and O–H groups in total. The molecule has 134 valence electrons. The van der Waals surface area contributed by atoms with Gasteiger partial charge in [0, 0.05) is 6.29 Å². The van der Waals surface area contributed by atoms with E-state index in [2.05, 4.69) is 0 Å². The van der Waals surface area contributed by atoms with E-state index in [1.165, 1.54) is 0 Å². The molecule has 6 nitrogen and oxygen atoms in total. The zero-order chi connectivity index (χ0) is 17.8. The number of ether oxygens (including phenoxy) is 3. The predicted molar refractivity (Wildman–Crippen MR) is 88.4 cm³/mol.